The fourth-order valence-corrected chi connectivity index (χ4v) is 3.17. The van der Waals surface area contributed by atoms with Crippen molar-refractivity contribution in [1.82, 2.24) is 4.72 Å². The molecule has 0 atom stereocenters. The van der Waals surface area contributed by atoms with Crippen molar-refractivity contribution in [3.05, 3.63) is 34.9 Å². The van der Waals surface area contributed by atoms with E-state index < -0.39 is 10.0 Å². The molecule has 0 heterocycles. The van der Waals surface area contributed by atoms with Gasteiger partial charge in [-0.1, -0.05) is 24.2 Å². The fourth-order valence-electron chi connectivity index (χ4n) is 1.50. The molecule has 0 spiro atoms. The third kappa shape index (κ3) is 3.21. The van der Waals surface area contributed by atoms with Crippen LogP contribution in [0.2, 0.25) is 0 Å². The van der Waals surface area contributed by atoms with E-state index in [1.54, 1.807) is 26.0 Å². The van der Waals surface area contributed by atoms with Crippen molar-refractivity contribution in [1.29, 1.82) is 0 Å². The van der Waals surface area contributed by atoms with Crippen LogP contribution in [0, 0.1) is 13.8 Å². The molecule has 0 aliphatic rings. The largest absolute Gasteiger partial charge is 0.398 e. The fraction of sp³-hybridized carbons (Fsp3) is 0.273. The Hall–Kier alpha value is -1.04. The second-order valence-electron chi connectivity index (χ2n) is 3.77. The van der Waals surface area contributed by atoms with Crippen molar-refractivity contribution in [3.63, 3.8) is 0 Å². The van der Waals surface area contributed by atoms with E-state index >= 15 is 0 Å². The molecule has 0 aromatic heterocycles. The maximum Gasteiger partial charge on any atom is 0.241 e. The summed E-state index contributed by atoms with van der Waals surface area (Å²) in [4.78, 5) is 0.204. The minimum Gasteiger partial charge on any atom is -0.398 e. The minimum absolute atomic E-state index is 0.00241. The van der Waals surface area contributed by atoms with Crippen molar-refractivity contribution in [2.75, 3.05) is 12.3 Å². The van der Waals surface area contributed by atoms with Gasteiger partial charge in [0.25, 0.3) is 0 Å². The Labute approximate surface area is 107 Å². The minimum atomic E-state index is -3.61. The van der Waals surface area contributed by atoms with Gasteiger partial charge in [-0.05, 0) is 31.0 Å². The quantitative estimate of drug-likeness (QED) is 0.824. The monoisotopic (exact) mass is 274 g/mol. The summed E-state index contributed by atoms with van der Waals surface area (Å²) in [5.41, 5.74) is 7.33. The number of aryl methyl sites for hydroxylation is 1. The van der Waals surface area contributed by atoms with Crippen LogP contribution >= 0.6 is 11.6 Å². The highest BCUT2D eigenvalue weighted by molar-refractivity contribution is 7.89. The molecule has 0 amide bonds. The van der Waals surface area contributed by atoms with Crippen LogP contribution in [0.3, 0.4) is 0 Å². The number of halogens is 1. The molecule has 0 fully saturated rings. The highest BCUT2D eigenvalue weighted by Crippen LogP contribution is 2.24. The predicted octanol–water partition coefficient (Wildman–Crippen LogP) is 1.92. The summed E-state index contributed by atoms with van der Waals surface area (Å²) in [6.45, 7) is 6.82. The van der Waals surface area contributed by atoms with Gasteiger partial charge in [0.05, 0.1) is 4.90 Å². The molecule has 0 saturated carbocycles. The van der Waals surface area contributed by atoms with Crippen molar-refractivity contribution in [3.8, 4) is 0 Å². The van der Waals surface area contributed by atoms with Crippen LogP contribution in [0.1, 0.15) is 11.1 Å². The van der Waals surface area contributed by atoms with Crippen LogP contribution in [-0.2, 0) is 10.0 Å². The summed E-state index contributed by atoms with van der Waals surface area (Å²) in [7, 11) is -3.61. The third-order valence-corrected chi connectivity index (χ3v) is 4.19. The molecular weight excluding hydrogens is 260 g/mol. The van der Waals surface area contributed by atoms with Crippen LogP contribution in [0.4, 0.5) is 5.69 Å². The molecule has 94 valence electrons. The van der Waals surface area contributed by atoms with Gasteiger partial charge in [0.1, 0.15) is 0 Å². The standard InChI is InChI=1S/C11H15ClN2O2S/c1-7-4-5-10(13)9(3)11(7)17(15,16)14-6-8(2)12/h4-5,14H,2,6,13H2,1,3H3. The molecule has 0 aliphatic heterocycles. The van der Waals surface area contributed by atoms with Crippen LogP contribution < -0.4 is 10.5 Å². The Balaban J connectivity index is 3.24. The summed E-state index contributed by atoms with van der Waals surface area (Å²) < 4.78 is 26.5. The van der Waals surface area contributed by atoms with E-state index in [0.717, 1.165) is 0 Å². The average molecular weight is 275 g/mol. The topological polar surface area (TPSA) is 72.2 Å². The SMILES string of the molecule is C=C(Cl)CNS(=O)(=O)c1c(C)ccc(N)c1C. The first kappa shape index (κ1) is 14.0. The zero-order valence-electron chi connectivity index (χ0n) is 9.75. The van der Waals surface area contributed by atoms with Crippen molar-refractivity contribution < 1.29 is 8.42 Å². The zero-order valence-corrected chi connectivity index (χ0v) is 11.3. The summed E-state index contributed by atoms with van der Waals surface area (Å²) in [6, 6.07) is 3.36. The lowest BCUT2D eigenvalue weighted by molar-refractivity contribution is 0.584. The summed E-state index contributed by atoms with van der Waals surface area (Å²) in [6.07, 6.45) is 0. The maximum absolute atomic E-state index is 12.1. The molecule has 4 nitrogen and oxygen atoms in total. The number of anilines is 1. The van der Waals surface area contributed by atoms with E-state index in [0.29, 0.717) is 16.8 Å². The molecule has 1 aromatic rings. The predicted molar refractivity (Wildman–Crippen MR) is 70.5 cm³/mol. The van der Waals surface area contributed by atoms with Gasteiger partial charge in [0.2, 0.25) is 10.0 Å². The molecule has 1 rings (SSSR count). The molecule has 0 radical (unpaired) electrons. The Bertz CT molecular complexity index is 553. The maximum atomic E-state index is 12.1. The first-order valence-corrected chi connectivity index (χ1v) is 6.80. The lowest BCUT2D eigenvalue weighted by atomic mass is 10.1. The number of hydrogen-bond acceptors (Lipinski definition) is 3. The van der Waals surface area contributed by atoms with Gasteiger partial charge in [-0.15, -0.1) is 0 Å². The lowest BCUT2D eigenvalue weighted by Crippen LogP contribution is -2.26. The van der Waals surface area contributed by atoms with Crippen molar-refractivity contribution in [2.45, 2.75) is 18.7 Å². The molecule has 0 saturated heterocycles. The van der Waals surface area contributed by atoms with Gasteiger partial charge in [-0.2, -0.15) is 0 Å². The van der Waals surface area contributed by atoms with Gasteiger partial charge in [0.15, 0.2) is 0 Å². The van der Waals surface area contributed by atoms with E-state index in [2.05, 4.69) is 11.3 Å². The highest BCUT2D eigenvalue weighted by Gasteiger charge is 2.20. The molecule has 0 unspecified atom stereocenters. The first-order chi connectivity index (χ1) is 7.75. The number of benzene rings is 1. The Morgan fingerprint density at radius 2 is 2.06 bits per heavy atom. The number of nitrogens with two attached hydrogens (primary N) is 1. The molecule has 17 heavy (non-hydrogen) atoms. The number of nitrogens with one attached hydrogen (secondary N) is 1. The number of rotatable bonds is 4. The van der Waals surface area contributed by atoms with Gasteiger partial charge in [-0.25, -0.2) is 13.1 Å². The normalized spacial score (nSPS) is 11.5. The Kier molecular flexibility index (Phi) is 4.19. The van der Waals surface area contributed by atoms with E-state index in [4.69, 9.17) is 17.3 Å². The lowest BCUT2D eigenvalue weighted by Gasteiger charge is -2.13. The number of hydrogen-bond donors (Lipinski definition) is 2. The van der Waals surface area contributed by atoms with Gasteiger partial charge >= 0.3 is 0 Å². The second-order valence-corrected chi connectivity index (χ2v) is 6.01. The summed E-state index contributed by atoms with van der Waals surface area (Å²) >= 11 is 5.54. The molecular formula is C11H15ClN2O2S. The van der Waals surface area contributed by atoms with E-state index in [1.807, 2.05) is 0 Å². The van der Waals surface area contributed by atoms with Gasteiger partial charge in [-0.3, -0.25) is 0 Å². The molecule has 0 bridgehead atoms. The summed E-state index contributed by atoms with van der Waals surface area (Å²) in [5, 5.41) is 0.229. The van der Waals surface area contributed by atoms with E-state index in [-0.39, 0.29) is 16.5 Å². The number of nitrogen functional groups attached to an aromatic ring is 1. The Morgan fingerprint density at radius 1 is 1.47 bits per heavy atom. The van der Waals surface area contributed by atoms with Crippen LogP contribution in [0.15, 0.2) is 28.6 Å². The van der Waals surface area contributed by atoms with Crippen LogP contribution in [0.5, 0.6) is 0 Å². The van der Waals surface area contributed by atoms with Crippen molar-refractivity contribution >= 4 is 27.3 Å². The Morgan fingerprint density at radius 3 is 2.59 bits per heavy atom. The van der Waals surface area contributed by atoms with E-state index in [9.17, 15) is 8.42 Å². The average Bonchev–Trinajstić information content (AvgIpc) is 2.21. The first-order valence-electron chi connectivity index (χ1n) is 4.94. The molecule has 0 aliphatic carbocycles. The molecule has 1 aromatic carbocycles. The zero-order chi connectivity index (χ0) is 13.2. The third-order valence-electron chi connectivity index (χ3n) is 2.37. The van der Waals surface area contributed by atoms with Crippen LogP contribution in [0.25, 0.3) is 0 Å². The van der Waals surface area contributed by atoms with E-state index in [1.165, 1.54) is 0 Å². The smallest absolute Gasteiger partial charge is 0.241 e. The highest BCUT2D eigenvalue weighted by atomic mass is 35.5. The van der Waals surface area contributed by atoms with Crippen LogP contribution in [-0.4, -0.2) is 15.0 Å². The molecule has 3 N–H and O–H groups in total. The van der Waals surface area contributed by atoms with Gasteiger partial charge < -0.3 is 5.73 Å². The number of sulfonamides is 1. The van der Waals surface area contributed by atoms with Crippen molar-refractivity contribution in [2.24, 2.45) is 0 Å². The van der Waals surface area contributed by atoms with Gasteiger partial charge in [0, 0.05) is 17.3 Å². The second kappa shape index (κ2) is 5.08. The molecule has 6 heteroatoms. The summed E-state index contributed by atoms with van der Waals surface area (Å²) in [5.74, 6) is 0.